The first-order valence-electron chi connectivity index (χ1n) is 5.39. The zero-order chi connectivity index (χ0) is 10.5. The fourth-order valence-electron chi connectivity index (χ4n) is 1.63. The van der Waals surface area contributed by atoms with Gasteiger partial charge in [-0.3, -0.25) is 0 Å². The number of hydrogen-bond acceptors (Lipinski definition) is 1. The summed E-state index contributed by atoms with van der Waals surface area (Å²) < 4.78 is 9.62. The van der Waals surface area contributed by atoms with Crippen LogP contribution in [0.15, 0.2) is 40.0 Å². The van der Waals surface area contributed by atoms with Crippen LogP contribution in [0.25, 0.3) is 0 Å². The van der Waals surface area contributed by atoms with Crippen molar-refractivity contribution in [3.05, 3.63) is 40.0 Å². The maximum atomic E-state index is 5.66. The number of rotatable bonds is 3. The summed E-state index contributed by atoms with van der Waals surface area (Å²) in [6, 6.07) is 10.8. The molecule has 0 aromatic heterocycles. The van der Waals surface area contributed by atoms with Gasteiger partial charge in [-0.2, -0.15) is 0 Å². The fourth-order valence-corrected chi connectivity index (χ4v) is 3.86. The molecule has 0 saturated carbocycles. The molecule has 15 heavy (non-hydrogen) atoms. The van der Waals surface area contributed by atoms with Crippen molar-refractivity contribution in [1.29, 1.82) is 0 Å². The van der Waals surface area contributed by atoms with Crippen LogP contribution in [-0.2, 0) is 4.74 Å². The molecule has 0 spiro atoms. The van der Waals surface area contributed by atoms with E-state index < -0.39 is 0 Å². The van der Waals surface area contributed by atoms with E-state index in [-0.39, 0.29) is 20.9 Å². The van der Waals surface area contributed by atoms with Gasteiger partial charge in [0.25, 0.3) is 0 Å². The Kier molecular flexibility index (Phi) is 4.26. The molecule has 1 aliphatic heterocycles. The van der Waals surface area contributed by atoms with Crippen molar-refractivity contribution in [2.45, 2.75) is 25.9 Å². The van der Waals surface area contributed by atoms with Crippen molar-refractivity contribution in [1.82, 2.24) is 0 Å². The van der Waals surface area contributed by atoms with E-state index in [1.54, 1.807) is 0 Å². The second kappa shape index (κ2) is 5.70. The Bertz CT molecular complexity index is 332. The van der Waals surface area contributed by atoms with Gasteiger partial charge in [0.15, 0.2) is 0 Å². The van der Waals surface area contributed by atoms with Gasteiger partial charge in [0.2, 0.25) is 0 Å². The number of hydrogen-bond donors (Lipinski definition) is 0. The molecule has 80 valence electrons. The molecule has 1 aromatic rings. The molecule has 1 nitrogen and oxygen atoms in total. The Morgan fingerprint density at radius 2 is 2.20 bits per heavy atom. The van der Waals surface area contributed by atoms with Gasteiger partial charge in [0.05, 0.1) is 0 Å². The summed E-state index contributed by atoms with van der Waals surface area (Å²) in [6.07, 6.45) is 2.79. The van der Waals surface area contributed by atoms with Crippen LogP contribution in [0.3, 0.4) is 0 Å². The molecule has 1 fully saturated rings. The van der Waals surface area contributed by atoms with E-state index in [4.69, 9.17) is 4.74 Å². The molecule has 1 aliphatic rings. The Hall–Kier alpha value is -0.290. The quantitative estimate of drug-likeness (QED) is 0.776. The van der Waals surface area contributed by atoms with Crippen molar-refractivity contribution in [3.8, 4) is 0 Å². The van der Waals surface area contributed by atoms with E-state index in [1.165, 1.54) is 9.18 Å². The van der Waals surface area contributed by atoms with Gasteiger partial charge in [-0.1, -0.05) is 0 Å². The molecule has 0 radical (unpaired) electrons. The average molecular weight is 316 g/mol. The van der Waals surface area contributed by atoms with Gasteiger partial charge in [0, 0.05) is 0 Å². The van der Waals surface area contributed by atoms with Gasteiger partial charge in [-0.05, 0) is 0 Å². The van der Waals surface area contributed by atoms with Crippen LogP contribution in [0.4, 0.5) is 0 Å². The van der Waals surface area contributed by atoms with Gasteiger partial charge >= 0.3 is 102 Å². The van der Waals surface area contributed by atoms with Crippen LogP contribution in [0.5, 0.6) is 0 Å². The molecule has 0 bridgehead atoms. The Morgan fingerprint density at radius 1 is 1.40 bits per heavy atom. The molecular formula is C13H16OTe. The first kappa shape index (κ1) is 11.2. The molecule has 1 heterocycles. The summed E-state index contributed by atoms with van der Waals surface area (Å²) in [5.74, 6) is 0. The Balaban J connectivity index is 1.90. The van der Waals surface area contributed by atoms with Crippen LogP contribution in [0.2, 0.25) is 0 Å². The van der Waals surface area contributed by atoms with E-state index in [0.717, 1.165) is 19.4 Å². The van der Waals surface area contributed by atoms with Gasteiger partial charge in [0.1, 0.15) is 0 Å². The summed E-state index contributed by atoms with van der Waals surface area (Å²) in [7, 11) is 0. The third-order valence-corrected chi connectivity index (χ3v) is 5.40. The van der Waals surface area contributed by atoms with Crippen LogP contribution in [0.1, 0.15) is 19.8 Å². The zero-order valence-corrected chi connectivity index (χ0v) is 11.3. The summed E-state index contributed by atoms with van der Waals surface area (Å²) in [5.41, 5.74) is 1.52. The Labute approximate surface area is 102 Å². The molecule has 0 amide bonds. The standard InChI is InChI=1S/C13H16OTe/c1-2-12-8-11(9-14-12)10-15-13-6-4-3-5-7-13/h3-7,10,12H,2,8-9H2,1H3/b11-10+. The molecule has 1 atom stereocenters. The summed E-state index contributed by atoms with van der Waals surface area (Å²) >= 11 is -0.133. The van der Waals surface area contributed by atoms with Gasteiger partial charge in [-0.15, -0.1) is 0 Å². The van der Waals surface area contributed by atoms with E-state index in [0.29, 0.717) is 6.10 Å². The SMILES string of the molecule is CCC1C/C(=C\[Te]c2ccccc2)CO1. The van der Waals surface area contributed by atoms with Gasteiger partial charge < -0.3 is 0 Å². The van der Waals surface area contributed by atoms with Crippen molar-refractivity contribution in [2.24, 2.45) is 0 Å². The molecule has 2 rings (SSSR count). The molecule has 0 aliphatic carbocycles. The zero-order valence-electron chi connectivity index (χ0n) is 8.98. The van der Waals surface area contributed by atoms with Crippen molar-refractivity contribution < 1.29 is 4.74 Å². The summed E-state index contributed by atoms with van der Waals surface area (Å²) in [5, 5.41) is 0. The van der Waals surface area contributed by atoms with Crippen LogP contribution in [-0.4, -0.2) is 33.6 Å². The van der Waals surface area contributed by atoms with E-state index in [2.05, 4.69) is 41.4 Å². The van der Waals surface area contributed by atoms with E-state index in [1.807, 2.05) is 0 Å². The van der Waals surface area contributed by atoms with Crippen LogP contribution >= 0.6 is 0 Å². The second-order valence-corrected chi connectivity index (χ2v) is 6.44. The second-order valence-electron chi connectivity index (χ2n) is 3.75. The Morgan fingerprint density at radius 3 is 2.87 bits per heavy atom. The predicted octanol–water partition coefficient (Wildman–Crippen LogP) is 2.10. The molecule has 1 aromatic carbocycles. The molecule has 1 saturated heterocycles. The third kappa shape index (κ3) is 3.34. The number of benzene rings is 1. The van der Waals surface area contributed by atoms with Crippen LogP contribution in [0, 0.1) is 0 Å². The first-order valence-corrected chi connectivity index (χ1v) is 7.90. The van der Waals surface area contributed by atoms with Gasteiger partial charge in [-0.25, -0.2) is 0 Å². The predicted molar refractivity (Wildman–Crippen MR) is 64.6 cm³/mol. The molecule has 2 heteroatoms. The molecular weight excluding hydrogens is 300 g/mol. The number of ether oxygens (including phenoxy) is 1. The van der Waals surface area contributed by atoms with Crippen LogP contribution < -0.4 is 3.61 Å². The monoisotopic (exact) mass is 318 g/mol. The third-order valence-electron chi connectivity index (χ3n) is 2.55. The summed E-state index contributed by atoms with van der Waals surface area (Å²) in [4.78, 5) is 0. The first-order chi connectivity index (χ1) is 7.38. The van der Waals surface area contributed by atoms with Crippen molar-refractivity contribution in [2.75, 3.05) is 6.61 Å². The minimum absolute atomic E-state index is 0.133. The topological polar surface area (TPSA) is 9.23 Å². The molecule has 0 N–H and O–H groups in total. The maximum absolute atomic E-state index is 5.66. The minimum atomic E-state index is -0.133. The average Bonchev–Trinajstić information content (AvgIpc) is 2.76. The van der Waals surface area contributed by atoms with E-state index in [9.17, 15) is 0 Å². The molecule has 1 unspecified atom stereocenters. The van der Waals surface area contributed by atoms with Crippen molar-refractivity contribution in [3.63, 3.8) is 0 Å². The fraction of sp³-hybridized carbons (Fsp3) is 0.385. The normalized spacial score (nSPS) is 23.5. The van der Waals surface area contributed by atoms with Crippen molar-refractivity contribution >= 4 is 24.5 Å². The van der Waals surface area contributed by atoms with E-state index >= 15 is 0 Å². The summed E-state index contributed by atoms with van der Waals surface area (Å²) in [6.45, 7) is 3.07.